The average molecular weight is 956 g/mol. The summed E-state index contributed by atoms with van der Waals surface area (Å²) in [6.07, 6.45) is 8.50. The molecule has 1 aliphatic carbocycles. The van der Waals surface area contributed by atoms with Gasteiger partial charge >= 0.3 is 17.7 Å². The highest BCUT2D eigenvalue weighted by Crippen LogP contribution is 2.40. The van der Waals surface area contributed by atoms with E-state index in [4.69, 9.17) is 23.1 Å². The van der Waals surface area contributed by atoms with Crippen LogP contribution in [-0.2, 0) is 20.4 Å². The molecule has 0 radical (unpaired) electrons. The number of nitrogens with zero attached hydrogens (tertiary/aromatic N) is 11. The first-order valence-electron chi connectivity index (χ1n) is 22.0. The van der Waals surface area contributed by atoms with Crippen LogP contribution in [0.2, 0.25) is 0 Å². The van der Waals surface area contributed by atoms with Gasteiger partial charge < -0.3 is 25.4 Å². The van der Waals surface area contributed by atoms with Crippen molar-refractivity contribution in [2.24, 2.45) is 11.3 Å². The molecule has 67 heavy (non-hydrogen) atoms. The second-order valence-electron chi connectivity index (χ2n) is 18.4. The Morgan fingerprint density at radius 1 is 0.791 bits per heavy atom. The fourth-order valence-corrected chi connectivity index (χ4v) is 10.9. The highest BCUT2D eigenvalue weighted by Gasteiger charge is 2.37. The topological polar surface area (TPSA) is 235 Å². The van der Waals surface area contributed by atoms with Crippen molar-refractivity contribution >= 4 is 66.6 Å². The predicted octanol–water partition coefficient (Wildman–Crippen LogP) is 5.46. The Hall–Kier alpha value is -6.08. The van der Waals surface area contributed by atoms with Gasteiger partial charge in [-0.15, -0.1) is 11.6 Å². The summed E-state index contributed by atoms with van der Waals surface area (Å²) < 4.78 is 54.7. The molecule has 3 fully saturated rings. The number of likely N-dealkylation sites (N-methyl/N-ethyl adjacent to an activating group) is 4. The summed E-state index contributed by atoms with van der Waals surface area (Å²) in [6.45, 7) is 23.7. The van der Waals surface area contributed by atoms with Gasteiger partial charge in [0.2, 0.25) is 5.69 Å². The van der Waals surface area contributed by atoms with Gasteiger partial charge in [0.25, 0.3) is 26.3 Å². The quantitative estimate of drug-likeness (QED) is 0.162. The van der Waals surface area contributed by atoms with Gasteiger partial charge in [-0.3, -0.25) is 14.6 Å². The Kier molecular flexibility index (Phi) is 14.3. The van der Waals surface area contributed by atoms with Crippen LogP contribution in [0.5, 0.6) is 0 Å². The summed E-state index contributed by atoms with van der Waals surface area (Å²) in [6, 6.07) is 8.83. The minimum atomic E-state index is -3.44. The maximum absolute atomic E-state index is 12.9. The van der Waals surface area contributed by atoms with Crippen molar-refractivity contribution < 1.29 is 26.4 Å². The minimum absolute atomic E-state index is 0.0562. The van der Waals surface area contributed by atoms with Crippen LogP contribution in [0.25, 0.3) is 15.3 Å². The van der Waals surface area contributed by atoms with Gasteiger partial charge in [-0.2, -0.15) is 34.1 Å². The molecule has 4 aromatic heterocycles. The second-order valence-corrected chi connectivity index (χ2v) is 22.7. The molecule has 0 atom stereocenters. The number of H-pyrrole nitrogens is 2. The van der Waals surface area contributed by atoms with E-state index in [0.717, 1.165) is 67.8 Å². The Labute approximate surface area is 392 Å². The van der Waals surface area contributed by atoms with Gasteiger partial charge in [0, 0.05) is 96.9 Å². The lowest BCUT2D eigenvalue weighted by Gasteiger charge is -2.36. The van der Waals surface area contributed by atoms with Crippen molar-refractivity contribution in [3.05, 3.63) is 94.0 Å². The molecule has 0 saturated carbocycles. The normalized spacial score (nSPS) is 20.7. The van der Waals surface area contributed by atoms with Crippen molar-refractivity contribution in [1.29, 1.82) is 0 Å². The molecule has 3 saturated heterocycles. The third-order valence-corrected chi connectivity index (χ3v) is 16.6. The minimum Gasteiger partial charge on any atom is -0.395 e. The van der Waals surface area contributed by atoms with E-state index in [2.05, 4.69) is 72.2 Å². The number of carbonyl (C=O) groups is 2. The molecule has 0 bridgehead atoms. The van der Waals surface area contributed by atoms with Crippen molar-refractivity contribution in [3.63, 3.8) is 0 Å². The number of hydrogen-bond acceptors (Lipinski definition) is 11. The SMILES string of the molecule is [C-]#[N+]c1c[nH]c(C(=O)Nc2ccc(C3CN(C)S(=O)(=O)N(C)C3)nc2C2=CCC(C)(C)CC2)c1.[C-]#[N+]c1nc(C(=O)Nc2ccc(C3CN(C)S(=O)(=O)N(C)C3)nc2N2CCC(C)CC2)n[nH]1. The maximum Gasteiger partial charge on any atom is 0.357 e. The predicted molar refractivity (Wildman–Crippen MR) is 254 cm³/mol. The molecule has 0 spiro atoms. The summed E-state index contributed by atoms with van der Waals surface area (Å²) in [4.78, 5) is 50.7. The fraction of sp³-hybridized carbons (Fsp3) is 0.500. The van der Waals surface area contributed by atoms with E-state index in [9.17, 15) is 26.4 Å². The standard InChI is InChI=1S/C24H30N6O3S.C20H27N9O3S/c1-24(2)10-8-16(9-11-24)22-20(28-23(31)21-12-18(25-3)13-26-21)7-6-19(27-22)17-14-29(4)34(32,33)30(5)15-17;1-13-7-9-29(10-8-13)18-16(23-19(30)17-24-20(21-2)26-25-17)6-5-15(22-18)14-11-27(3)33(31,32)28(4)12-14/h6-8,12-13,17,26H,9-11,14-15H2,1-2,4-5H3,(H,28,31);5-6,13-14H,7-12H2,1,3-4H3,(H,23,30)(H,24,25,26). The van der Waals surface area contributed by atoms with E-state index in [1.54, 1.807) is 34.3 Å². The van der Waals surface area contributed by atoms with Crippen LogP contribution in [0.1, 0.15) is 103 Å². The molecular formula is C44H57N15O6S2. The lowest BCUT2D eigenvalue weighted by Crippen LogP contribution is -2.49. The van der Waals surface area contributed by atoms with E-state index in [0.29, 0.717) is 60.7 Å². The van der Waals surface area contributed by atoms with Crippen LogP contribution in [0.15, 0.2) is 42.6 Å². The lowest BCUT2D eigenvalue weighted by molar-refractivity contribution is 0.101. The number of aromatic amines is 2. The summed E-state index contributed by atoms with van der Waals surface area (Å²) in [5, 5.41) is 12.0. The number of piperidine rings is 1. The molecule has 21 nitrogen and oxygen atoms in total. The van der Waals surface area contributed by atoms with E-state index in [1.807, 2.05) is 18.2 Å². The van der Waals surface area contributed by atoms with Crippen molar-refractivity contribution in [1.82, 2.24) is 47.4 Å². The van der Waals surface area contributed by atoms with E-state index in [1.165, 1.54) is 29.5 Å². The zero-order chi connectivity index (χ0) is 48.4. The van der Waals surface area contributed by atoms with Crippen LogP contribution in [0.4, 0.5) is 28.8 Å². The molecule has 4 aliphatic rings. The number of amides is 2. The third-order valence-electron chi connectivity index (χ3n) is 12.8. The van der Waals surface area contributed by atoms with Crippen LogP contribution in [0.3, 0.4) is 0 Å². The van der Waals surface area contributed by atoms with Crippen molar-refractivity contribution in [2.45, 2.75) is 64.7 Å². The average Bonchev–Trinajstić information content (AvgIpc) is 4.00. The molecule has 7 heterocycles. The van der Waals surface area contributed by atoms with Crippen molar-refractivity contribution in [3.8, 4) is 0 Å². The monoisotopic (exact) mass is 955 g/mol. The molecule has 2 amide bonds. The van der Waals surface area contributed by atoms with Crippen LogP contribution >= 0.6 is 0 Å². The van der Waals surface area contributed by atoms with Crippen LogP contribution in [0, 0.1) is 24.5 Å². The zero-order valence-corrected chi connectivity index (χ0v) is 40.4. The largest absolute Gasteiger partial charge is 0.395 e. The molecule has 23 heteroatoms. The first-order valence-corrected chi connectivity index (χ1v) is 24.8. The summed E-state index contributed by atoms with van der Waals surface area (Å²) in [5.74, 6) is 0.0120. The maximum atomic E-state index is 12.9. The number of nitrogens with one attached hydrogen (secondary N) is 4. The van der Waals surface area contributed by atoms with Crippen molar-refractivity contribution in [2.75, 3.05) is 83.0 Å². The van der Waals surface area contributed by atoms with Gasteiger partial charge in [0.15, 0.2) is 5.82 Å². The fourth-order valence-electron chi connectivity index (χ4n) is 8.52. The highest BCUT2D eigenvalue weighted by atomic mass is 32.2. The van der Waals surface area contributed by atoms with Gasteiger partial charge in [-0.1, -0.05) is 31.9 Å². The first-order chi connectivity index (χ1) is 31.7. The molecule has 4 N–H and O–H groups in total. The van der Waals surface area contributed by atoms with E-state index >= 15 is 0 Å². The number of pyridine rings is 2. The molecule has 0 unspecified atom stereocenters. The lowest BCUT2D eigenvalue weighted by atomic mass is 9.77. The summed E-state index contributed by atoms with van der Waals surface area (Å²) >= 11 is 0. The molecular weight excluding hydrogens is 899 g/mol. The Bertz CT molecular complexity index is 2820. The van der Waals surface area contributed by atoms with Gasteiger partial charge in [0.1, 0.15) is 0 Å². The number of anilines is 3. The van der Waals surface area contributed by atoms with Crippen LogP contribution < -0.4 is 15.5 Å². The highest BCUT2D eigenvalue weighted by molar-refractivity contribution is 7.87. The number of hydrogen-bond donors (Lipinski definition) is 4. The third kappa shape index (κ3) is 10.9. The smallest absolute Gasteiger partial charge is 0.357 e. The van der Waals surface area contributed by atoms with Crippen LogP contribution in [-0.4, -0.2) is 143 Å². The van der Waals surface area contributed by atoms with E-state index < -0.39 is 26.3 Å². The Balaban J connectivity index is 0.000000199. The van der Waals surface area contributed by atoms with E-state index in [-0.39, 0.29) is 34.9 Å². The Morgan fingerprint density at radius 2 is 1.36 bits per heavy atom. The molecule has 3 aliphatic heterocycles. The second kappa shape index (κ2) is 19.6. The number of aromatic nitrogens is 6. The van der Waals surface area contributed by atoms with Gasteiger partial charge in [-0.05, 0) is 79.3 Å². The summed E-state index contributed by atoms with van der Waals surface area (Å²) in [5.41, 5.74) is 5.38. The molecule has 8 rings (SSSR count). The number of allylic oxidation sites excluding steroid dienone is 2. The molecule has 0 aromatic carbocycles. The summed E-state index contributed by atoms with van der Waals surface area (Å²) in [7, 11) is -0.593. The molecule has 356 valence electrons. The van der Waals surface area contributed by atoms with Gasteiger partial charge in [0.05, 0.1) is 29.3 Å². The number of carbonyl (C=O) groups excluding carboxylic acids is 2. The zero-order valence-electron chi connectivity index (χ0n) is 38.7. The van der Waals surface area contributed by atoms with Gasteiger partial charge in [-0.25, -0.2) is 14.9 Å². The molecule has 4 aromatic rings. The first kappa shape index (κ1) is 48.8. The Morgan fingerprint density at radius 3 is 1.88 bits per heavy atom. The number of rotatable bonds is 8.